The number of hydrogen-bond acceptors (Lipinski definition) is 3. The molecule has 18 heavy (non-hydrogen) atoms. The molecule has 0 fully saturated rings. The quantitative estimate of drug-likeness (QED) is 0.775. The van der Waals surface area contributed by atoms with Crippen LogP contribution in [0.4, 0.5) is 0 Å². The average molecular weight is 242 g/mol. The molecule has 2 aromatic carbocycles. The van der Waals surface area contributed by atoms with Gasteiger partial charge in [-0.25, -0.2) is 4.79 Å². The van der Waals surface area contributed by atoms with E-state index in [9.17, 15) is 4.79 Å². The number of carbonyl (C=O) groups excluding carboxylic acids is 1. The number of ether oxygens (including phenoxy) is 2. The predicted octanol–water partition coefficient (Wildman–Crippen LogP) is 3.15. The number of rotatable bonds is 3. The fraction of sp³-hybridized carbons (Fsp3) is 0.133. The molecule has 92 valence electrons. The number of esters is 1. The fourth-order valence-electron chi connectivity index (χ4n) is 1.72. The van der Waals surface area contributed by atoms with E-state index in [4.69, 9.17) is 4.74 Å². The Balaban J connectivity index is 2.31. The van der Waals surface area contributed by atoms with Crippen molar-refractivity contribution in [2.24, 2.45) is 0 Å². The highest BCUT2D eigenvalue weighted by Gasteiger charge is 2.05. The minimum Gasteiger partial charge on any atom is -0.497 e. The van der Waals surface area contributed by atoms with Crippen molar-refractivity contribution in [3.8, 4) is 16.9 Å². The van der Waals surface area contributed by atoms with Crippen molar-refractivity contribution in [3.05, 3.63) is 54.1 Å². The van der Waals surface area contributed by atoms with Gasteiger partial charge in [-0.05, 0) is 35.4 Å². The van der Waals surface area contributed by atoms with E-state index >= 15 is 0 Å². The maximum atomic E-state index is 11.3. The molecule has 0 radical (unpaired) electrons. The molecule has 0 saturated carbocycles. The van der Waals surface area contributed by atoms with Gasteiger partial charge in [0.1, 0.15) is 5.75 Å². The molecular formula is C15H14O3. The van der Waals surface area contributed by atoms with Crippen LogP contribution in [0, 0.1) is 0 Å². The SMILES string of the molecule is COC(=O)c1ccc(-c2cccc(OC)c2)cc1. The summed E-state index contributed by atoms with van der Waals surface area (Å²) in [5.41, 5.74) is 2.62. The minimum atomic E-state index is -0.327. The molecule has 3 heteroatoms. The topological polar surface area (TPSA) is 35.5 Å². The largest absolute Gasteiger partial charge is 0.497 e. The summed E-state index contributed by atoms with van der Waals surface area (Å²) < 4.78 is 9.84. The van der Waals surface area contributed by atoms with Gasteiger partial charge in [0.25, 0.3) is 0 Å². The number of benzene rings is 2. The zero-order valence-electron chi connectivity index (χ0n) is 10.3. The summed E-state index contributed by atoms with van der Waals surface area (Å²) in [7, 11) is 3.01. The molecule has 2 rings (SSSR count). The molecule has 0 aliphatic heterocycles. The zero-order chi connectivity index (χ0) is 13.0. The Morgan fingerprint density at radius 1 is 0.944 bits per heavy atom. The highest BCUT2D eigenvalue weighted by molar-refractivity contribution is 5.90. The minimum absolute atomic E-state index is 0.327. The van der Waals surface area contributed by atoms with Crippen LogP contribution < -0.4 is 4.74 Å². The zero-order valence-corrected chi connectivity index (χ0v) is 10.3. The maximum absolute atomic E-state index is 11.3. The Labute approximate surface area is 106 Å². The van der Waals surface area contributed by atoms with Crippen LogP contribution in [0.5, 0.6) is 5.75 Å². The van der Waals surface area contributed by atoms with Crippen LogP contribution in [0.25, 0.3) is 11.1 Å². The second kappa shape index (κ2) is 5.36. The van der Waals surface area contributed by atoms with Crippen molar-refractivity contribution in [1.82, 2.24) is 0 Å². The lowest BCUT2D eigenvalue weighted by Crippen LogP contribution is -2.00. The van der Waals surface area contributed by atoms with Gasteiger partial charge in [0.05, 0.1) is 19.8 Å². The van der Waals surface area contributed by atoms with E-state index in [0.29, 0.717) is 5.56 Å². The van der Waals surface area contributed by atoms with Crippen molar-refractivity contribution >= 4 is 5.97 Å². The smallest absolute Gasteiger partial charge is 0.337 e. The van der Waals surface area contributed by atoms with Crippen LogP contribution in [-0.4, -0.2) is 20.2 Å². The molecule has 0 amide bonds. The van der Waals surface area contributed by atoms with Crippen molar-refractivity contribution in [3.63, 3.8) is 0 Å². The van der Waals surface area contributed by atoms with Gasteiger partial charge in [-0.15, -0.1) is 0 Å². The molecule has 0 aliphatic rings. The van der Waals surface area contributed by atoms with Crippen LogP contribution in [0.2, 0.25) is 0 Å². The number of hydrogen-bond donors (Lipinski definition) is 0. The lowest BCUT2D eigenvalue weighted by Gasteiger charge is -2.05. The monoisotopic (exact) mass is 242 g/mol. The molecule has 0 saturated heterocycles. The molecule has 0 unspecified atom stereocenters. The van der Waals surface area contributed by atoms with Gasteiger partial charge in [0, 0.05) is 0 Å². The van der Waals surface area contributed by atoms with Crippen molar-refractivity contribution in [1.29, 1.82) is 0 Å². The Bertz CT molecular complexity index is 544. The van der Waals surface area contributed by atoms with Crippen molar-refractivity contribution < 1.29 is 14.3 Å². The van der Waals surface area contributed by atoms with Gasteiger partial charge in [-0.3, -0.25) is 0 Å². The van der Waals surface area contributed by atoms with E-state index in [2.05, 4.69) is 4.74 Å². The highest BCUT2D eigenvalue weighted by Crippen LogP contribution is 2.24. The third-order valence-corrected chi connectivity index (χ3v) is 2.71. The Morgan fingerprint density at radius 3 is 2.28 bits per heavy atom. The summed E-state index contributed by atoms with van der Waals surface area (Å²) >= 11 is 0. The standard InChI is InChI=1S/C15H14O3/c1-17-14-5-3-4-13(10-14)11-6-8-12(9-7-11)15(16)18-2/h3-10H,1-2H3. The first-order valence-electron chi connectivity index (χ1n) is 5.57. The number of methoxy groups -OCH3 is 2. The van der Waals surface area contributed by atoms with Gasteiger partial charge in [0.2, 0.25) is 0 Å². The van der Waals surface area contributed by atoms with Crippen LogP contribution in [-0.2, 0) is 4.74 Å². The Kier molecular flexibility index (Phi) is 3.63. The first kappa shape index (κ1) is 12.2. The number of carbonyl (C=O) groups is 1. The second-order valence-electron chi connectivity index (χ2n) is 3.80. The molecule has 3 nitrogen and oxygen atoms in total. The lowest BCUT2D eigenvalue weighted by molar-refractivity contribution is 0.0601. The molecule has 0 atom stereocenters. The average Bonchev–Trinajstić information content (AvgIpc) is 2.46. The maximum Gasteiger partial charge on any atom is 0.337 e. The van der Waals surface area contributed by atoms with Crippen LogP contribution in [0.1, 0.15) is 10.4 Å². The van der Waals surface area contributed by atoms with Crippen LogP contribution in [0.3, 0.4) is 0 Å². The summed E-state index contributed by atoms with van der Waals surface area (Å²) in [5, 5.41) is 0. The molecule has 2 aromatic rings. The molecule has 0 aliphatic carbocycles. The first-order chi connectivity index (χ1) is 8.74. The fourth-order valence-corrected chi connectivity index (χ4v) is 1.72. The summed E-state index contributed by atoms with van der Waals surface area (Å²) in [5.74, 6) is 0.483. The highest BCUT2D eigenvalue weighted by atomic mass is 16.5. The normalized spacial score (nSPS) is 9.89. The summed E-state index contributed by atoms with van der Waals surface area (Å²) in [6, 6.07) is 15.1. The van der Waals surface area contributed by atoms with Gasteiger partial charge in [-0.1, -0.05) is 24.3 Å². The van der Waals surface area contributed by atoms with E-state index in [1.807, 2.05) is 36.4 Å². The summed E-state index contributed by atoms with van der Waals surface area (Å²) in [4.78, 5) is 11.3. The van der Waals surface area contributed by atoms with Crippen LogP contribution >= 0.6 is 0 Å². The third kappa shape index (κ3) is 2.51. The van der Waals surface area contributed by atoms with E-state index in [1.165, 1.54) is 7.11 Å². The van der Waals surface area contributed by atoms with Gasteiger partial charge >= 0.3 is 5.97 Å². The van der Waals surface area contributed by atoms with E-state index in [0.717, 1.165) is 16.9 Å². The molecule has 0 aromatic heterocycles. The first-order valence-corrected chi connectivity index (χ1v) is 5.57. The van der Waals surface area contributed by atoms with Gasteiger partial charge in [-0.2, -0.15) is 0 Å². The van der Waals surface area contributed by atoms with E-state index in [1.54, 1.807) is 19.2 Å². The Hall–Kier alpha value is -2.29. The second-order valence-corrected chi connectivity index (χ2v) is 3.80. The Morgan fingerprint density at radius 2 is 1.67 bits per heavy atom. The van der Waals surface area contributed by atoms with Crippen LogP contribution in [0.15, 0.2) is 48.5 Å². The summed E-state index contributed by atoms with van der Waals surface area (Å²) in [6.45, 7) is 0. The third-order valence-electron chi connectivity index (χ3n) is 2.71. The van der Waals surface area contributed by atoms with Crippen molar-refractivity contribution in [2.45, 2.75) is 0 Å². The molecule has 0 heterocycles. The van der Waals surface area contributed by atoms with Gasteiger partial charge in [0.15, 0.2) is 0 Å². The van der Waals surface area contributed by atoms with Crippen molar-refractivity contribution in [2.75, 3.05) is 14.2 Å². The lowest BCUT2D eigenvalue weighted by atomic mass is 10.0. The van der Waals surface area contributed by atoms with Gasteiger partial charge < -0.3 is 9.47 Å². The predicted molar refractivity (Wildman–Crippen MR) is 69.8 cm³/mol. The van der Waals surface area contributed by atoms with E-state index in [-0.39, 0.29) is 5.97 Å². The van der Waals surface area contributed by atoms with E-state index < -0.39 is 0 Å². The molecule has 0 spiro atoms. The molecule has 0 N–H and O–H groups in total. The summed E-state index contributed by atoms with van der Waals surface area (Å²) in [6.07, 6.45) is 0. The molecular weight excluding hydrogens is 228 g/mol. The molecule has 0 bridgehead atoms.